The van der Waals surface area contributed by atoms with E-state index >= 15 is 0 Å². The van der Waals surface area contributed by atoms with E-state index in [9.17, 15) is 31.1 Å². The first-order valence-electron chi connectivity index (χ1n) is 10.3. The lowest BCUT2D eigenvalue weighted by molar-refractivity contribution is -0.162. The number of Topliss-reactive ketones (excluding diaryl/α,β-unsaturated/α-hetero) is 1. The van der Waals surface area contributed by atoms with Crippen LogP contribution in [0.15, 0.2) is 30.3 Å². The minimum absolute atomic E-state index is 0.0295. The summed E-state index contributed by atoms with van der Waals surface area (Å²) in [5.74, 6) is -0.411. The molecule has 0 bridgehead atoms. The topological polar surface area (TPSA) is 38.8 Å². The van der Waals surface area contributed by atoms with Gasteiger partial charge in [-0.05, 0) is 48.2 Å². The molecular weight excluding hydrogens is 452 g/mol. The number of morpholine rings is 1. The zero-order valence-corrected chi connectivity index (χ0v) is 17.6. The molecule has 2 aromatic carbocycles. The van der Waals surface area contributed by atoms with E-state index in [-0.39, 0.29) is 24.2 Å². The lowest BCUT2D eigenvalue weighted by Crippen LogP contribution is -2.36. The molecule has 178 valence electrons. The van der Waals surface area contributed by atoms with E-state index < -0.39 is 29.4 Å². The van der Waals surface area contributed by atoms with Gasteiger partial charge in [0.1, 0.15) is 5.75 Å². The molecule has 0 radical (unpaired) electrons. The number of ether oxygens (including phenoxy) is 2. The first-order chi connectivity index (χ1) is 15.5. The first kappa shape index (κ1) is 23.4. The van der Waals surface area contributed by atoms with Crippen LogP contribution < -0.4 is 9.64 Å². The molecule has 1 heterocycles. The van der Waals surface area contributed by atoms with Crippen LogP contribution in [-0.2, 0) is 29.9 Å². The second kappa shape index (κ2) is 8.55. The van der Waals surface area contributed by atoms with E-state index in [0.717, 1.165) is 17.3 Å². The molecule has 33 heavy (non-hydrogen) atoms. The maximum absolute atomic E-state index is 13.3. The summed E-state index contributed by atoms with van der Waals surface area (Å²) in [6, 6.07) is 5.43. The van der Waals surface area contributed by atoms with Crippen molar-refractivity contribution in [2.24, 2.45) is 5.92 Å². The largest absolute Gasteiger partial charge is 0.495 e. The Kier molecular flexibility index (Phi) is 6.07. The number of nitrogens with zero attached hydrogens (tertiary/aromatic N) is 1. The lowest BCUT2D eigenvalue weighted by Gasteiger charge is -2.30. The van der Waals surface area contributed by atoms with Crippen molar-refractivity contribution in [3.05, 3.63) is 58.1 Å². The van der Waals surface area contributed by atoms with Crippen LogP contribution in [0.1, 0.15) is 32.6 Å². The number of anilines is 1. The van der Waals surface area contributed by atoms with Crippen molar-refractivity contribution in [3.63, 3.8) is 0 Å². The van der Waals surface area contributed by atoms with E-state index in [4.69, 9.17) is 9.47 Å². The SMILES string of the molecule is COc1cc2c(cc1N1CCOCC1)CC(Cc1ccc(C(F)(F)F)c(C(F)(F)F)c1)C2=O. The van der Waals surface area contributed by atoms with Crippen LogP contribution in [0, 0.1) is 5.92 Å². The fourth-order valence-corrected chi connectivity index (χ4v) is 4.45. The average Bonchev–Trinajstić information content (AvgIpc) is 3.06. The molecule has 1 saturated heterocycles. The highest BCUT2D eigenvalue weighted by Crippen LogP contribution is 2.42. The number of rotatable bonds is 4. The van der Waals surface area contributed by atoms with Gasteiger partial charge in [-0.15, -0.1) is 0 Å². The fraction of sp³-hybridized carbons (Fsp3) is 0.435. The van der Waals surface area contributed by atoms with Gasteiger partial charge in [0.15, 0.2) is 5.78 Å². The van der Waals surface area contributed by atoms with Gasteiger partial charge < -0.3 is 14.4 Å². The highest BCUT2D eigenvalue weighted by molar-refractivity contribution is 6.03. The van der Waals surface area contributed by atoms with Crippen LogP contribution in [-0.4, -0.2) is 39.2 Å². The van der Waals surface area contributed by atoms with Crippen molar-refractivity contribution in [1.29, 1.82) is 0 Å². The van der Waals surface area contributed by atoms with E-state index in [1.165, 1.54) is 7.11 Å². The highest BCUT2D eigenvalue weighted by atomic mass is 19.4. The Hall–Kier alpha value is -2.75. The van der Waals surface area contributed by atoms with Crippen molar-refractivity contribution in [2.75, 3.05) is 38.3 Å². The van der Waals surface area contributed by atoms with Crippen LogP contribution >= 0.6 is 0 Å². The Balaban J connectivity index is 1.61. The summed E-state index contributed by atoms with van der Waals surface area (Å²) in [5, 5.41) is 0. The molecule has 1 aliphatic heterocycles. The number of hydrogen-bond acceptors (Lipinski definition) is 4. The molecule has 0 N–H and O–H groups in total. The maximum Gasteiger partial charge on any atom is 0.417 e. The Morgan fingerprint density at radius 1 is 1.00 bits per heavy atom. The van der Waals surface area contributed by atoms with Gasteiger partial charge in [0.25, 0.3) is 0 Å². The first-order valence-corrected chi connectivity index (χ1v) is 10.3. The second-order valence-electron chi connectivity index (χ2n) is 8.13. The van der Waals surface area contributed by atoms with E-state index in [2.05, 4.69) is 4.90 Å². The normalized spacial score (nSPS) is 19.1. The number of carbonyl (C=O) groups is 1. The Labute approximate surface area is 186 Å². The summed E-state index contributed by atoms with van der Waals surface area (Å²) in [7, 11) is 1.49. The molecule has 1 unspecified atom stereocenters. The molecule has 4 nitrogen and oxygen atoms in total. The number of methoxy groups -OCH3 is 1. The molecule has 0 aromatic heterocycles. The Morgan fingerprint density at radius 3 is 2.27 bits per heavy atom. The zero-order valence-electron chi connectivity index (χ0n) is 17.6. The van der Waals surface area contributed by atoms with Gasteiger partial charge in [0.2, 0.25) is 0 Å². The van der Waals surface area contributed by atoms with Gasteiger partial charge in [0, 0.05) is 24.6 Å². The van der Waals surface area contributed by atoms with Gasteiger partial charge in [0.05, 0.1) is 37.1 Å². The number of alkyl halides is 6. The van der Waals surface area contributed by atoms with Crippen LogP contribution in [0.2, 0.25) is 0 Å². The second-order valence-corrected chi connectivity index (χ2v) is 8.13. The maximum atomic E-state index is 13.3. The number of halogens is 6. The van der Waals surface area contributed by atoms with Crippen molar-refractivity contribution < 1.29 is 40.6 Å². The molecular formula is C23H21F6NO3. The quantitative estimate of drug-likeness (QED) is 0.575. The predicted octanol–water partition coefficient (Wildman–Crippen LogP) is 5.17. The van der Waals surface area contributed by atoms with Crippen molar-refractivity contribution in [3.8, 4) is 5.75 Å². The zero-order chi connectivity index (χ0) is 24.0. The van der Waals surface area contributed by atoms with Crippen molar-refractivity contribution in [1.82, 2.24) is 0 Å². The monoisotopic (exact) mass is 473 g/mol. The third kappa shape index (κ3) is 4.66. The number of hydrogen-bond donors (Lipinski definition) is 0. The summed E-state index contributed by atoms with van der Waals surface area (Å²) in [4.78, 5) is 15.0. The summed E-state index contributed by atoms with van der Waals surface area (Å²) in [6.07, 6.45) is -10.1. The third-order valence-electron chi connectivity index (χ3n) is 6.04. The standard InChI is InChI=1S/C23H21F6NO3/c1-32-20-12-16-14(11-19(20)30-4-6-33-7-5-30)10-15(21(16)31)8-13-2-3-17(22(24,25)26)18(9-13)23(27,28)29/h2-3,9,11-12,15H,4-8,10H2,1H3. The summed E-state index contributed by atoms with van der Waals surface area (Å²) < 4.78 is 89.8. The molecule has 1 fully saturated rings. The van der Waals surface area contributed by atoms with E-state index in [0.29, 0.717) is 49.7 Å². The van der Waals surface area contributed by atoms with Gasteiger partial charge in [-0.25, -0.2) is 0 Å². The number of fused-ring (bicyclic) bond motifs is 1. The molecule has 4 rings (SSSR count). The Bertz CT molecular complexity index is 1060. The predicted molar refractivity (Wildman–Crippen MR) is 108 cm³/mol. The van der Waals surface area contributed by atoms with Gasteiger partial charge in [-0.3, -0.25) is 4.79 Å². The van der Waals surface area contributed by atoms with E-state index in [1.54, 1.807) is 6.07 Å². The van der Waals surface area contributed by atoms with Crippen LogP contribution in [0.5, 0.6) is 5.75 Å². The average molecular weight is 473 g/mol. The Morgan fingerprint density at radius 2 is 1.67 bits per heavy atom. The van der Waals surface area contributed by atoms with Crippen LogP contribution in [0.4, 0.5) is 32.0 Å². The van der Waals surface area contributed by atoms with Gasteiger partial charge >= 0.3 is 12.4 Å². The molecule has 0 saturated carbocycles. The van der Waals surface area contributed by atoms with Gasteiger partial charge in [-0.2, -0.15) is 26.3 Å². The van der Waals surface area contributed by atoms with Gasteiger partial charge in [-0.1, -0.05) is 6.07 Å². The lowest BCUT2D eigenvalue weighted by atomic mass is 9.93. The smallest absolute Gasteiger partial charge is 0.417 e. The summed E-state index contributed by atoms with van der Waals surface area (Å²) in [6.45, 7) is 2.41. The third-order valence-corrected chi connectivity index (χ3v) is 6.04. The summed E-state index contributed by atoms with van der Waals surface area (Å²) >= 11 is 0. The number of ketones is 1. The van der Waals surface area contributed by atoms with Crippen LogP contribution in [0.3, 0.4) is 0 Å². The molecule has 0 amide bonds. The molecule has 0 spiro atoms. The summed E-state index contributed by atoms with van der Waals surface area (Å²) in [5.41, 5.74) is -1.47. The molecule has 2 aromatic rings. The minimum Gasteiger partial charge on any atom is -0.495 e. The van der Waals surface area contributed by atoms with Crippen molar-refractivity contribution in [2.45, 2.75) is 25.2 Å². The number of carbonyl (C=O) groups excluding carboxylic acids is 1. The molecule has 2 aliphatic rings. The fourth-order valence-electron chi connectivity index (χ4n) is 4.45. The highest BCUT2D eigenvalue weighted by Gasteiger charge is 2.43. The minimum atomic E-state index is -5.16. The number of benzene rings is 2. The molecule has 1 aliphatic carbocycles. The van der Waals surface area contributed by atoms with Crippen LogP contribution in [0.25, 0.3) is 0 Å². The van der Waals surface area contributed by atoms with Crippen molar-refractivity contribution >= 4 is 11.5 Å². The van der Waals surface area contributed by atoms with E-state index in [1.807, 2.05) is 6.07 Å². The molecule has 1 atom stereocenters. The molecule has 10 heteroatoms.